The minimum Gasteiger partial charge on any atom is -0.313 e. The van der Waals surface area contributed by atoms with E-state index in [4.69, 9.17) is 0 Å². The SMILES string of the molecule is CCCc1ccc(C(Cc2csc(C)n2)NC)cc1. The third-order valence-electron chi connectivity index (χ3n) is 3.35. The Hall–Kier alpha value is -1.19. The van der Waals surface area contributed by atoms with E-state index in [0.29, 0.717) is 6.04 Å². The summed E-state index contributed by atoms with van der Waals surface area (Å²) in [6.07, 6.45) is 3.32. The summed E-state index contributed by atoms with van der Waals surface area (Å²) < 4.78 is 0. The minimum absolute atomic E-state index is 0.345. The van der Waals surface area contributed by atoms with Crippen LogP contribution < -0.4 is 5.32 Å². The van der Waals surface area contributed by atoms with Crippen molar-refractivity contribution in [3.8, 4) is 0 Å². The van der Waals surface area contributed by atoms with Crippen molar-refractivity contribution < 1.29 is 0 Å². The smallest absolute Gasteiger partial charge is 0.0897 e. The Bertz CT molecular complexity index is 502. The zero-order valence-electron chi connectivity index (χ0n) is 11.9. The standard InChI is InChI=1S/C16H22N2S/c1-4-5-13-6-8-14(9-7-13)16(17-3)10-15-11-19-12(2)18-15/h6-9,11,16-17H,4-5,10H2,1-3H3. The summed E-state index contributed by atoms with van der Waals surface area (Å²) in [5.74, 6) is 0. The van der Waals surface area contributed by atoms with Crippen molar-refractivity contribution in [2.75, 3.05) is 7.05 Å². The lowest BCUT2D eigenvalue weighted by Gasteiger charge is -2.16. The molecule has 0 spiro atoms. The molecule has 1 N–H and O–H groups in total. The number of nitrogens with one attached hydrogen (secondary N) is 1. The number of benzene rings is 1. The van der Waals surface area contributed by atoms with Crippen LogP contribution in [0.5, 0.6) is 0 Å². The second-order valence-electron chi connectivity index (χ2n) is 4.89. The van der Waals surface area contributed by atoms with E-state index >= 15 is 0 Å². The first kappa shape index (κ1) is 14.2. The van der Waals surface area contributed by atoms with Gasteiger partial charge >= 0.3 is 0 Å². The molecule has 0 aliphatic rings. The van der Waals surface area contributed by atoms with Gasteiger partial charge in [-0.25, -0.2) is 4.98 Å². The fraction of sp³-hybridized carbons (Fsp3) is 0.438. The molecule has 1 heterocycles. The van der Waals surface area contributed by atoms with Crippen LogP contribution in [0.2, 0.25) is 0 Å². The van der Waals surface area contributed by atoms with Crippen LogP contribution in [-0.4, -0.2) is 12.0 Å². The average Bonchev–Trinajstić information content (AvgIpc) is 2.83. The molecule has 0 aliphatic heterocycles. The Balaban J connectivity index is 2.08. The van der Waals surface area contributed by atoms with E-state index in [0.717, 1.165) is 17.8 Å². The van der Waals surface area contributed by atoms with Gasteiger partial charge in [-0.2, -0.15) is 0 Å². The molecule has 0 amide bonds. The Kier molecular flexibility index (Phi) is 5.11. The van der Waals surface area contributed by atoms with Crippen LogP contribution in [0.1, 0.15) is 41.2 Å². The van der Waals surface area contributed by atoms with E-state index < -0.39 is 0 Å². The summed E-state index contributed by atoms with van der Waals surface area (Å²) in [6.45, 7) is 4.27. The first-order valence-electron chi connectivity index (χ1n) is 6.90. The molecule has 0 fully saturated rings. The molecule has 2 aromatic rings. The molecule has 19 heavy (non-hydrogen) atoms. The molecule has 1 atom stereocenters. The molecule has 3 heteroatoms. The van der Waals surface area contributed by atoms with Crippen LogP contribution in [0.3, 0.4) is 0 Å². The topological polar surface area (TPSA) is 24.9 Å². The molecule has 0 aliphatic carbocycles. The Morgan fingerprint density at radius 1 is 1.26 bits per heavy atom. The zero-order valence-corrected chi connectivity index (χ0v) is 12.8. The molecule has 0 bridgehead atoms. The van der Waals surface area contributed by atoms with Gasteiger partial charge < -0.3 is 5.32 Å². The molecular formula is C16H22N2S. The molecule has 1 aromatic carbocycles. The number of likely N-dealkylation sites (N-methyl/N-ethyl adjacent to an activating group) is 1. The first-order chi connectivity index (χ1) is 9.22. The minimum atomic E-state index is 0.345. The van der Waals surface area contributed by atoms with Crippen LogP contribution >= 0.6 is 11.3 Å². The summed E-state index contributed by atoms with van der Waals surface area (Å²) in [5.41, 5.74) is 3.94. The molecule has 102 valence electrons. The molecule has 2 rings (SSSR count). The van der Waals surface area contributed by atoms with Crippen LogP contribution in [-0.2, 0) is 12.8 Å². The number of hydrogen-bond donors (Lipinski definition) is 1. The molecule has 0 saturated carbocycles. The van der Waals surface area contributed by atoms with Crippen molar-refractivity contribution in [1.82, 2.24) is 10.3 Å². The van der Waals surface area contributed by atoms with Gasteiger partial charge in [0.2, 0.25) is 0 Å². The summed E-state index contributed by atoms with van der Waals surface area (Å²) in [4.78, 5) is 4.55. The lowest BCUT2D eigenvalue weighted by atomic mass is 10.00. The van der Waals surface area contributed by atoms with Crippen LogP contribution in [0.4, 0.5) is 0 Å². The molecule has 1 aromatic heterocycles. The number of aromatic nitrogens is 1. The number of hydrogen-bond acceptors (Lipinski definition) is 3. The van der Waals surface area contributed by atoms with E-state index in [1.807, 2.05) is 7.05 Å². The molecular weight excluding hydrogens is 252 g/mol. The number of aryl methyl sites for hydroxylation is 2. The third-order valence-corrected chi connectivity index (χ3v) is 4.17. The maximum Gasteiger partial charge on any atom is 0.0897 e. The van der Waals surface area contributed by atoms with Gasteiger partial charge in [0.25, 0.3) is 0 Å². The molecule has 0 saturated heterocycles. The van der Waals surface area contributed by atoms with Gasteiger partial charge in [-0.1, -0.05) is 37.6 Å². The van der Waals surface area contributed by atoms with Gasteiger partial charge in [0.15, 0.2) is 0 Å². The zero-order chi connectivity index (χ0) is 13.7. The van der Waals surface area contributed by atoms with Gasteiger partial charge in [-0.05, 0) is 31.5 Å². The first-order valence-corrected chi connectivity index (χ1v) is 7.78. The third kappa shape index (κ3) is 3.88. The fourth-order valence-corrected chi connectivity index (χ4v) is 2.93. The largest absolute Gasteiger partial charge is 0.313 e. The Morgan fingerprint density at radius 2 is 2.00 bits per heavy atom. The van der Waals surface area contributed by atoms with Gasteiger partial charge in [0.1, 0.15) is 0 Å². The number of thiazole rings is 1. The highest BCUT2D eigenvalue weighted by Gasteiger charge is 2.11. The van der Waals surface area contributed by atoms with Crippen LogP contribution in [0, 0.1) is 6.92 Å². The van der Waals surface area contributed by atoms with E-state index in [1.54, 1.807) is 11.3 Å². The van der Waals surface area contributed by atoms with E-state index in [9.17, 15) is 0 Å². The van der Waals surface area contributed by atoms with Crippen LogP contribution in [0.25, 0.3) is 0 Å². The fourth-order valence-electron chi connectivity index (χ4n) is 2.30. The summed E-state index contributed by atoms with van der Waals surface area (Å²) >= 11 is 1.72. The lowest BCUT2D eigenvalue weighted by Crippen LogP contribution is -2.19. The maximum absolute atomic E-state index is 4.55. The number of rotatable bonds is 6. The van der Waals surface area contributed by atoms with E-state index in [2.05, 4.69) is 53.8 Å². The van der Waals surface area contributed by atoms with Crippen molar-refractivity contribution in [2.24, 2.45) is 0 Å². The van der Waals surface area contributed by atoms with Crippen molar-refractivity contribution in [3.63, 3.8) is 0 Å². The Morgan fingerprint density at radius 3 is 2.53 bits per heavy atom. The van der Waals surface area contributed by atoms with Crippen molar-refractivity contribution >= 4 is 11.3 Å². The summed E-state index contributed by atoms with van der Waals surface area (Å²) in [6, 6.07) is 9.32. The summed E-state index contributed by atoms with van der Waals surface area (Å²) in [5, 5.41) is 6.69. The van der Waals surface area contributed by atoms with Gasteiger partial charge in [0.05, 0.1) is 10.7 Å². The highest BCUT2D eigenvalue weighted by atomic mass is 32.1. The monoisotopic (exact) mass is 274 g/mol. The predicted octanol–water partition coefficient (Wildman–Crippen LogP) is 3.91. The average molecular weight is 274 g/mol. The quantitative estimate of drug-likeness (QED) is 0.864. The van der Waals surface area contributed by atoms with Gasteiger partial charge in [0, 0.05) is 17.8 Å². The molecule has 0 radical (unpaired) electrons. The van der Waals surface area contributed by atoms with Crippen molar-refractivity contribution in [1.29, 1.82) is 0 Å². The lowest BCUT2D eigenvalue weighted by molar-refractivity contribution is 0.585. The van der Waals surface area contributed by atoms with Crippen molar-refractivity contribution in [2.45, 2.75) is 39.2 Å². The second kappa shape index (κ2) is 6.83. The van der Waals surface area contributed by atoms with E-state index in [-0.39, 0.29) is 0 Å². The Labute approximate surface area is 119 Å². The van der Waals surface area contributed by atoms with Gasteiger partial charge in [-0.3, -0.25) is 0 Å². The predicted molar refractivity (Wildman–Crippen MR) is 82.8 cm³/mol. The highest BCUT2D eigenvalue weighted by Crippen LogP contribution is 2.20. The van der Waals surface area contributed by atoms with Gasteiger partial charge in [-0.15, -0.1) is 11.3 Å². The van der Waals surface area contributed by atoms with Crippen molar-refractivity contribution in [3.05, 3.63) is 51.5 Å². The number of nitrogens with zero attached hydrogens (tertiary/aromatic N) is 1. The normalized spacial score (nSPS) is 12.6. The second-order valence-corrected chi connectivity index (χ2v) is 5.96. The van der Waals surface area contributed by atoms with E-state index in [1.165, 1.54) is 23.2 Å². The summed E-state index contributed by atoms with van der Waals surface area (Å²) in [7, 11) is 2.02. The molecule has 2 nitrogen and oxygen atoms in total. The molecule has 1 unspecified atom stereocenters. The highest BCUT2D eigenvalue weighted by molar-refractivity contribution is 7.09. The maximum atomic E-state index is 4.55. The van der Waals surface area contributed by atoms with Crippen LogP contribution in [0.15, 0.2) is 29.6 Å².